The van der Waals surface area contributed by atoms with Crippen LogP contribution in [-0.2, 0) is 14.4 Å². The number of aliphatic hydroxyl groups excluding tert-OH is 1. The molecule has 0 bridgehead atoms. The molecule has 1 aromatic carbocycles. The number of β-lactam (4-membered cyclic amide) rings is 1. The van der Waals surface area contributed by atoms with E-state index in [1.54, 1.807) is 30.3 Å². The smallest absolute Gasteiger partial charge is 0.323 e. The minimum Gasteiger partial charge on any atom is -0.480 e. The molecule has 1 fully saturated rings. The van der Waals surface area contributed by atoms with Crippen molar-refractivity contribution in [2.24, 2.45) is 0 Å². The monoisotopic (exact) mass is 278 g/mol. The lowest BCUT2D eigenvalue weighted by atomic mass is 10.1. The van der Waals surface area contributed by atoms with Gasteiger partial charge in [-0.25, -0.2) is 0 Å². The van der Waals surface area contributed by atoms with Gasteiger partial charge in [0.2, 0.25) is 5.91 Å². The van der Waals surface area contributed by atoms with Gasteiger partial charge in [-0.15, -0.1) is 0 Å². The Hall–Kier alpha value is -2.41. The van der Waals surface area contributed by atoms with E-state index in [0.29, 0.717) is 5.56 Å². The number of amides is 2. The van der Waals surface area contributed by atoms with E-state index in [1.807, 2.05) is 0 Å². The van der Waals surface area contributed by atoms with Gasteiger partial charge in [-0.2, -0.15) is 0 Å². The van der Waals surface area contributed by atoms with Crippen LogP contribution in [0, 0.1) is 0 Å². The van der Waals surface area contributed by atoms with Crippen molar-refractivity contribution in [2.45, 2.75) is 12.1 Å². The molecule has 1 aliphatic rings. The Labute approximate surface area is 114 Å². The fraction of sp³-hybridized carbons (Fsp3) is 0.308. The van der Waals surface area contributed by atoms with Crippen molar-refractivity contribution in [3.05, 3.63) is 35.9 Å². The minimum absolute atomic E-state index is 0.137. The molecule has 7 heteroatoms. The summed E-state index contributed by atoms with van der Waals surface area (Å²) in [7, 11) is 0. The summed E-state index contributed by atoms with van der Waals surface area (Å²) in [6.45, 7) is -0.245. The Bertz CT molecular complexity index is 531. The standard InChI is InChI=1S/C13H14N2O5/c16-10(17)7-15-6-9(13(15)20)14-12(19)11(18)8-4-2-1-3-5-8/h1-5,9,11,18H,6-7H2,(H,14,19)(H,16,17). The maximum absolute atomic E-state index is 11.8. The van der Waals surface area contributed by atoms with Crippen molar-refractivity contribution in [3.8, 4) is 0 Å². The van der Waals surface area contributed by atoms with Crippen LogP contribution in [0.4, 0.5) is 0 Å². The number of carbonyl (C=O) groups excluding carboxylic acids is 2. The lowest BCUT2D eigenvalue weighted by Gasteiger charge is -2.37. The maximum Gasteiger partial charge on any atom is 0.323 e. The van der Waals surface area contributed by atoms with Crippen LogP contribution in [0.2, 0.25) is 0 Å². The van der Waals surface area contributed by atoms with E-state index in [4.69, 9.17) is 5.11 Å². The van der Waals surface area contributed by atoms with E-state index < -0.39 is 29.9 Å². The lowest BCUT2D eigenvalue weighted by molar-refractivity contribution is -0.154. The molecule has 3 N–H and O–H groups in total. The Kier molecular flexibility index (Phi) is 3.99. The average Bonchev–Trinajstić information content (AvgIpc) is 2.45. The van der Waals surface area contributed by atoms with Crippen LogP contribution < -0.4 is 5.32 Å². The van der Waals surface area contributed by atoms with Gasteiger partial charge >= 0.3 is 5.97 Å². The van der Waals surface area contributed by atoms with Crippen LogP contribution in [0.1, 0.15) is 11.7 Å². The van der Waals surface area contributed by atoms with Gasteiger partial charge in [0.05, 0.1) is 6.54 Å². The highest BCUT2D eigenvalue weighted by Crippen LogP contribution is 2.15. The number of nitrogens with zero attached hydrogens (tertiary/aromatic N) is 1. The van der Waals surface area contributed by atoms with Gasteiger partial charge in [-0.05, 0) is 5.56 Å². The zero-order valence-electron chi connectivity index (χ0n) is 10.5. The van der Waals surface area contributed by atoms with E-state index in [2.05, 4.69) is 5.32 Å². The second kappa shape index (κ2) is 5.70. The molecule has 1 heterocycles. The van der Waals surface area contributed by atoms with E-state index in [9.17, 15) is 19.5 Å². The number of carboxylic acid groups (broad SMARTS) is 1. The third-order valence-electron chi connectivity index (χ3n) is 3.02. The molecule has 0 radical (unpaired) electrons. The summed E-state index contributed by atoms with van der Waals surface area (Å²) in [4.78, 5) is 34.9. The van der Waals surface area contributed by atoms with E-state index in [1.165, 1.54) is 0 Å². The molecule has 2 amide bonds. The van der Waals surface area contributed by atoms with Crippen molar-refractivity contribution in [1.29, 1.82) is 0 Å². The molecule has 0 aliphatic carbocycles. The fourth-order valence-electron chi connectivity index (χ4n) is 1.95. The number of hydrogen-bond donors (Lipinski definition) is 3. The first-order valence-corrected chi connectivity index (χ1v) is 6.03. The fourth-order valence-corrected chi connectivity index (χ4v) is 1.95. The molecule has 1 saturated heterocycles. The van der Waals surface area contributed by atoms with Gasteiger partial charge in [-0.3, -0.25) is 14.4 Å². The van der Waals surface area contributed by atoms with Crippen LogP contribution >= 0.6 is 0 Å². The number of rotatable bonds is 5. The summed E-state index contributed by atoms with van der Waals surface area (Å²) < 4.78 is 0. The van der Waals surface area contributed by atoms with E-state index in [0.717, 1.165) is 4.90 Å². The molecule has 7 nitrogen and oxygen atoms in total. The highest BCUT2D eigenvalue weighted by Gasteiger charge is 2.39. The zero-order valence-corrected chi connectivity index (χ0v) is 10.5. The highest BCUT2D eigenvalue weighted by atomic mass is 16.4. The second-order valence-corrected chi connectivity index (χ2v) is 4.49. The van der Waals surface area contributed by atoms with E-state index in [-0.39, 0.29) is 13.1 Å². The second-order valence-electron chi connectivity index (χ2n) is 4.49. The molecule has 20 heavy (non-hydrogen) atoms. The first-order chi connectivity index (χ1) is 9.49. The number of aliphatic carboxylic acids is 1. The topological polar surface area (TPSA) is 107 Å². The molecule has 0 aromatic heterocycles. The number of aliphatic hydroxyl groups is 1. The molecular weight excluding hydrogens is 264 g/mol. The van der Waals surface area contributed by atoms with Crippen LogP contribution in [-0.4, -0.2) is 52.0 Å². The van der Waals surface area contributed by atoms with Crippen molar-refractivity contribution in [2.75, 3.05) is 13.1 Å². The molecule has 0 saturated carbocycles. The van der Waals surface area contributed by atoms with E-state index >= 15 is 0 Å². The quantitative estimate of drug-likeness (QED) is 0.607. The first kappa shape index (κ1) is 14.0. The van der Waals surface area contributed by atoms with Gasteiger partial charge in [0.25, 0.3) is 5.91 Å². The number of nitrogens with one attached hydrogen (secondary N) is 1. The number of carbonyl (C=O) groups is 3. The van der Waals surface area contributed by atoms with Gasteiger partial charge in [0.15, 0.2) is 6.10 Å². The van der Waals surface area contributed by atoms with Gasteiger partial charge < -0.3 is 20.4 Å². The Balaban J connectivity index is 1.87. The Morgan fingerprint density at radius 2 is 2.00 bits per heavy atom. The number of carboxylic acids is 1. The van der Waals surface area contributed by atoms with Gasteiger partial charge in [-0.1, -0.05) is 30.3 Å². The molecule has 1 aromatic rings. The average molecular weight is 278 g/mol. The SMILES string of the molecule is O=C(O)CN1CC(NC(=O)C(O)c2ccccc2)C1=O. The molecule has 106 valence electrons. The maximum atomic E-state index is 11.8. The first-order valence-electron chi connectivity index (χ1n) is 6.03. The van der Waals surface area contributed by atoms with Crippen LogP contribution in [0.25, 0.3) is 0 Å². The number of benzene rings is 1. The van der Waals surface area contributed by atoms with Crippen LogP contribution in [0.5, 0.6) is 0 Å². The van der Waals surface area contributed by atoms with Gasteiger partial charge in [0, 0.05) is 0 Å². The lowest BCUT2D eigenvalue weighted by Crippen LogP contribution is -2.65. The summed E-state index contributed by atoms with van der Waals surface area (Å²) in [6.07, 6.45) is -1.35. The number of hydrogen-bond acceptors (Lipinski definition) is 4. The molecule has 2 unspecified atom stereocenters. The Morgan fingerprint density at radius 1 is 1.35 bits per heavy atom. The summed E-state index contributed by atoms with van der Waals surface area (Å²) >= 11 is 0. The normalized spacial score (nSPS) is 19.1. The Morgan fingerprint density at radius 3 is 2.55 bits per heavy atom. The van der Waals surface area contributed by atoms with Crippen molar-refractivity contribution < 1.29 is 24.6 Å². The third-order valence-corrected chi connectivity index (χ3v) is 3.02. The predicted molar refractivity (Wildman–Crippen MR) is 67.5 cm³/mol. The summed E-state index contributed by atoms with van der Waals surface area (Å²) in [5.74, 6) is -2.24. The molecular formula is C13H14N2O5. The summed E-state index contributed by atoms with van der Waals surface area (Å²) in [5.41, 5.74) is 0.430. The van der Waals surface area contributed by atoms with Crippen LogP contribution in [0.15, 0.2) is 30.3 Å². The molecule has 0 spiro atoms. The van der Waals surface area contributed by atoms with Crippen LogP contribution in [0.3, 0.4) is 0 Å². The molecule has 1 aliphatic heterocycles. The largest absolute Gasteiger partial charge is 0.480 e. The van der Waals surface area contributed by atoms with Crippen molar-refractivity contribution in [1.82, 2.24) is 10.2 Å². The molecule has 2 atom stereocenters. The number of likely N-dealkylation sites (tertiary alicyclic amines) is 1. The van der Waals surface area contributed by atoms with Crippen molar-refractivity contribution in [3.63, 3.8) is 0 Å². The zero-order chi connectivity index (χ0) is 14.7. The minimum atomic E-state index is -1.35. The van der Waals surface area contributed by atoms with Gasteiger partial charge in [0.1, 0.15) is 12.6 Å². The molecule has 2 rings (SSSR count). The highest BCUT2D eigenvalue weighted by molar-refractivity contribution is 5.95. The summed E-state index contributed by atoms with van der Waals surface area (Å²) in [6, 6.07) is 7.57. The van der Waals surface area contributed by atoms with Crippen molar-refractivity contribution >= 4 is 17.8 Å². The predicted octanol–water partition coefficient (Wildman–Crippen LogP) is -0.868. The summed E-state index contributed by atoms with van der Waals surface area (Å²) in [5, 5.41) is 20.8. The third kappa shape index (κ3) is 2.94.